The Balaban J connectivity index is 2.56. The largest absolute Gasteiger partial charge is 0.349 e. The van der Waals surface area contributed by atoms with Crippen molar-refractivity contribution in [2.75, 3.05) is 6.54 Å². The summed E-state index contributed by atoms with van der Waals surface area (Å²) < 4.78 is 0. The van der Waals surface area contributed by atoms with Crippen molar-refractivity contribution >= 4 is 5.91 Å². The van der Waals surface area contributed by atoms with Gasteiger partial charge in [0.15, 0.2) is 0 Å². The molecule has 0 aliphatic rings. The zero-order valence-corrected chi connectivity index (χ0v) is 9.83. The summed E-state index contributed by atoms with van der Waals surface area (Å²) in [5.74, 6) is -0.0399. The number of hydrogen-bond acceptors (Lipinski definition) is 1. The highest BCUT2D eigenvalue weighted by Gasteiger charge is 2.03. The van der Waals surface area contributed by atoms with Gasteiger partial charge >= 0.3 is 0 Å². The average Bonchev–Trinajstić information content (AvgIpc) is 2.34. The number of amides is 1. The van der Waals surface area contributed by atoms with E-state index >= 15 is 0 Å². The standard InChI is InChI=1S/C14H19NO/c1-3-5-6-12-7-9-13(10-8-12)14(16)15-11-4-2/h4,7-10H,2-3,5-6,11H2,1H3,(H,15,16). The molecular weight excluding hydrogens is 198 g/mol. The van der Waals surface area contributed by atoms with E-state index < -0.39 is 0 Å². The smallest absolute Gasteiger partial charge is 0.251 e. The maximum absolute atomic E-state index is 11.6. The summed E-state index contributed by atoms with van der Waals surface area (Å²) >= 11 is 0. The van der Waals surface area contributed by atoms with Crippen molar-refractivity contribution in [3.63, 3.8) is 0 Å². The van der Waals surface area contributed by atoms with Crippen LogP contribution in [-0.4, -0.2) is 12.5 Å². The predicted molar refractivity (Wildman–Crippen MR) is 67.6 cm³/mol. The number of rotatable bonds is 6. The minimum atomic E-state index is -0.0399. The molecule has 86 valence electrons. The van der Waals surface area contributed by atoms with Crippen LogP contribution in [0.5, 0.6) is 0 Å². The summed E-state index contributed by atoms with van der Waals surface area (Å²) in [5, 5.41) is 2.75. The Morgan fingerprint density at radius 2 is 2.06 bits per heavy atom. The molecule has 0 aromatic heterocycles. The highest BCUT2D eigenvalue weighted by atomic mass is 16.1. The minimum absolute atomic E-state index is 0.0399. The second kappa shape index (κ2) is 6.83. The van der Waals surface area contributed by atoms with E-state index in [1.807, 2.05) is 24.3 Å². The third-order valence-electron chi connectivity index (χ3n) is 2.44. The molecule has 16 heavy (non-hydrogen) atoms. The van der Waals surface area contributed by atoms with Crippen molar-refractivity contribution in [2.24, 2.45) is 0 Å². The van der Waals surface area contributed by atoms with Crippen LogP contribution in [0, 0.1) is 0 Å². The number of benzene rings is 1. The summed E-state index contributed by atoms with van der Waals surface area (Å²) in [5.41, 5.74) is 2.00. The van der Waals surface area contributed by atoms with Gasteiger partial charge in [-0.15, -0.1) is 6.58 Å². The van der Waals surface area contributed by atoms with Gasteiger partial charge in [-0.25, -0.2) is 0 Å². The molecule has 1 aromatic rings. The first-order valence-corrected chi connectivity index (χ1v) is 5.76. The molecule has 1 N–H and O–H groups in total. The van der Waals surface area contributed by atoms with Gasteiger partial charge in [0.2, 0.25) is 0 Å². The number of carbonyl (C=O) groups is 1. The van der Waals surface area contributed by atoms with Crippen LogP contribution in [0.15, 0.2) is 36.9 Å². The van der Waals surface area contributed by atoms with Gasteiger partial charge in [0.05, 0.1) is 0 Å². The predicted octanol–water partition coefficient (Wildman–Crippen LogP) is 2.95. The van der Waals surface area contributed by atoms with Crippen LogP contribution >= 0.6 is 0 Å². The fraction of sp³-hybridized carbons (Fsp3) is 0.357. The van der Waals surface area contributed by atoms with Crippen molar-refractivity contribution in [1.29, 1.82) is 0 Å². The van der Waals surface area contributed by atoms with E-state index in [4.69, 9.17) is 0 Å². The molecule has 0 atom stereocenters. The molecule has 0 radical (unpaired) electrons. The number of carbonyl (C=O) groups excluding carboxylic acids is 1. The monoisotopic (exact) mass is 217 g/mol. The van der Waals surface area contributed by atoms with E-state index in [0.717, 1.165) is 6.42 Å². The Bertz CT molecular complexity index is 340. The molecule has 0 saturated carbocycles. The minimum Gasteiger partial charge on any atom is -0.349 e. The Kier molecular flexibility index (Phi) is 5.34. The lowest BCUT2D eigenvalue weighted by atomic mass is 10.1. The van der Waals surface area contributed by atoms with Crippen LogP contribution in [0.2, 0.25) is 0 Å². The summed E-state index contributed by atoms with van der Waals surface area (Å²) in [6, 6.07) is 7.81. The van der Waals surface area contributed by atoms with Gasteiger partial charge in [0, 0.05) is 12.1 Å². The molecule has 1 aromatic carbocycles. The highest BCUT2D eigenvalue weighted by Crippen LogP contribution is 2.07. The Morgan fingerprint density at radius 1 is 1.38 bits per heavy atom. The van der Waals surface area contributed by atoms with Gasteiger partial charge in [-0.1, -0.05) is 31.6 Å². The molecule has 0 fully saturated rings. The molecule has 0 heterocycles. The molecule has 0 aliphatic carbocycles. The zero-order valence-electron chi connectivity index (χ0n) is 9.83. The lowest BCUT2D eigenvalue weighted by Crippen LogP contribution is -2.23. The third-order valence-corrected chi connectivity index (χ3v) is 2.44. The van der Waals surface area contributed by atoms with Crippen molar-refractivity contribution in [3.05, 3.63) is 48.0 Å². The molecule has 0 saturated heterocycles. The Morgan fingerprint density at radius 3 is 2.62 bits per heavy atom. The van der Waals surface area contributed by atoms with Crippen molar-refractivity contribution in [1.82, 2.24) is 5.32 Å². The second-order valence-corrected chi connectivity index (χ2v) is 3.80. The molecule has 1 amide bonds. The van der Waals surface area contributed by atoms with Crippen LogP contribution in [0.25, 0.3) is 0 Å². The van der Waals surface area contributed by atoms with Crippen LogP contribution in [0.3, 0.4) is 0 Å². The molecular formula is C14H19NO. The first-order valence-electron chi connectivity index (χ1n) is 5.76. The Labute approximate surface area is 97.4 Å². The first-order chi connectivity index (χ1) is 7.77. The maximum atomic E-state index is 11.6. The highest BCUT2D eigenvalue weighted by molar-refractivity contribution is 5.94. The molecule has 2 nitrogen and oxygen atoms in total. The van der Waals surface area contributed by atoms with Crippen LogP contribution in [-0.2, 0) is 6.42 Å². The number of aryl methyl sites for hydroxylation is 1. The van der Waals surface area contributed by atoms with Gasteiger partial charge in [0.1, 0.15) is 0 Å². The summed E-state index contributed by atoms with van der Waals surface area (Å²) in [6.07, 6.45) is 5.15. The van der Waals surface area contributed by atoms with Crippen molar-refractivity contribution < 1.29 is 4.79 Å². The SMILES string of the molecule is C=CCNC(=O)c1ccc(CCCC)cc1. The van der Waals surface area contributed by atoms with Crippen LogP contribution in [0.1, 0.15) is 35.7 Å². The number of nitrogens with one attached hydrogen (secondary N) is 1. The van der Waals surface area contributed by atoms with Gasteiger partial charge < -0.3 is 5.32 Å². The topological polar surface area (TPSA) is 29.1 Å². The van der Waals surface area contributed by atoms with Gasteiger partial charge in [0.25, 0.3) is 5.91 Å². The second-order valence-electron chi connectivity index (χ2n) is 3.80. The van der Waals surface area contributed by atoms with Gasteiger partial charge in [-0.2, -0.15) is 0 Å². The molecule has 0 spiro atoms. The van der Waals surface area contributed by atoms with Crippen molar-refractivity contribution in [3.8, 4) is 0 Å². The molecule has 0 aliphatic heterocycles. The third kappa shape index (κ3) is 3.89. The summed E-state index contributed by atoms with van der Waals surface area (Å²) in [7, 11) is 0. The van der Waals surface area contributed by atoms with Crippen LogP contribution < -0.4 is 5.32 Å². The lowest BCUT2D eigenvalue weighted by molar-refractivity contribution is 0.0958. The van der Waals surface area contributed by atoms with E-state index in [9.17, 15) is 4.79 Å². The maximum Gasteiger partial charge on any atom is 0.251 e. The number of hydrogen-bond donors (Lipinski definition) is 1. The van der Waals surface area contributed by atoms with Gasteiger partial charge in [-0.3, -0.25) is 4.79 Å². The zero-order chi connectivity index (χ0) is 11.8. The fourth-order valence-electron chi connectivity index (χ4n) is 1.47. The summed E-state index contributed by atoms with van der Waals surface area (Å²) in [4.78, 5) is 11.6. The van der Waals surface area contributed by atoms with Crippen LogP contribution in [0.4, 0.5) is 0 Å². The van der Waals surface area contributed by atoms with E-state index in [1.165, 1.54) is 18.4 Å². The molecule has 2 heteroatoms. The number of unbranched alkanes of at least 4 members (excludes halogenated alkanes) is 1. The average molecular weight is 217 g/mol. The normalized spacial score (nSPS) is 9.81. The fourth-order valence-corrected chi connectivity index (χ4v) is 1.47. The van der Waals surface area contributed by atoms with E-state index in [2.05, 4.69) is 18.8 Å². The summed E-state index contributed by atoms with van der Waals surface area (Å²) in [6.45, 7) is 6.25. The first kappa shape index (κ1) is 12.5. The van der Waals surface area contributed by atoms with E-state index in [-0.39, 0.29) is 5.91 Å². The Hall–Kier alpha value is -1.57. The molecule has 0 bridgehead atoms. The van der Waals surface area contributed by atoms with Gasteiger partial charge in [-0.05, 0) is 30.5 Å². The molecule has 0 unspecified atom stereocenters. The van der Waals surface area contributed by atoms with E-state index in [1.54, 1.807) is 6.08 Å². The lowest BCUT2D eigenvalue weighted by Gasteiger charge is -2.04. The molecule has 1 rings (SSSR count). The van der Waals surface area contributed by atoms with E-state index in [0.29, 0.717) is 12.1 Å². The van der Waals surface area contributed by atoms with Crippen molar-refractivity contribution in [2.45, 2.75) is 26.2 Å². The quantitative estimate of drug-likeness (QED) is 0.729.